The van der Waals surface area contributed by atoms with Gasteiger partial charge in [0.15, 0.2) is 0 Å². The zero-order chi connectivity index (χ0) is 79.1. The Kier molecular flexibility index (Phi) is 17.4. The van der Waals surface area contributed by atoms with E-state index < -0.39 is 0 Å². The van der Waals surface area contributed by atoms with Gasteiger partial charge in [-0.25, -0.2) is 4.98 Å². The van der Waals surface area contributed by atoms with Crippen LogP contribution in [0.25, 0.3) is 221 Å². The molecule has 9 aromatic heterocycles. The number of para-hydroxylation sites is 4. The van der Waals surface area contributed by atoms with Gasteiger partial charge in [-0.1, -0.05) is 334 Å². The fourth-order valence-electron chi connectivity index (χ4n) is 18.2. The third-order valence-corrected chi connectivity index (χ3v) is 27.3. The van der Waals surface area contributed by atoms with Crippen molar-refractivity contribution in [2.45, 2.75) is 0 Å². The number of fused-ring (bicyclic) bond motifs is 18. The van der Waals surface area contributed by atoms with Crippen LogP contribution >= 0.6 is 34.0 Å². The van der Waals surface area contributed by atoms with E-state index in [0.717, 1.165) is 50.1 Å². The first-order chi connectivity index (χ1) is 59.6. The van der Waals surface area contributed by atoms with Crippen LogP contribution in [0.3, 0.4) is 0 Å². The Bertz CT molecular complexity index is 8260. The van der Waals surface area contributed by atoms with Crippen molar-refractivity contribution < 1.29 is 0 Å². The first-order valence-electron chi connectivity index (χ1n) is 40.5. The van der Waals surface area contributed by atoms with E-state index in [4.69, 9.17) is 15.0 Å². The monoisotopic (exact) mass is 1580 g/mol. The van der Waals surface area contributed by atoms with Crippen LogP contribution in [0.15, 0.2) is 425 Å². The summed E-state index contributed by atoms with van der Waals surface area (Å²) in [6.45, 7) is 0. The highest BCUT2D eigenvalue weighted by Crippen LogP contribution is 2.54. The summed E-state index contributed by atoms with van der Waals surface area (Å²) >= 11 is 5.70. The highest BCUT2D eigenvalue weighted by molar-refractivity contribution is 7.25. The van der Waals surface area contributed by atoms with E-state index in [1.54, 1.807) is 0 Å². The summed E-state index contributed by atoms with van der Waals surface area (Å²) in [5.74, 6) is 0.942. The zero-order valence-electron chi connectivity index (χ0n) is 64.8. The van der Waals surface area contributed by atoms with Crippen LogP contribution in [0.1, 0.15) is 0 Å². The number of thiophene rings is 3. The van der Waals surface area contributed by atoms with Gasteiger partial charge in [-0.15, -0.1) is 34.0 Å². The number of pyridine rings is 3. The lowest BCUT2D eigenvalue weighted by Gasteiger charge is -2.11. The zero-order valence-corrected chi connectivity index (χ0v) is 67.3. The summed E-state index contributed by atoms with van der Waals surface area (Å²) in [6, 6.07) is 145. The molecular formula is C111H70N6S3. The second-order valence-corrected chi connectivity index (χ2v) is 33.5. The van der Waals surface area contributed by atoms with Crippen molar-refractivity contribution >= 4 is 162 Å². The molecule has 25 aromatic rings. The molecule has 0 amide bonds. The van der Waals surface area contributed by atoms with Crippen molar-refractivity contribution in [2.24, 2.45) is 0 Å². The molecule has 120 heavy (non-hydrogen) atoms. The molecule has 0 spiro atoms. The second-order valence-electron chi connectivity index (χ2n) is 30.4. The Morgan fingerprint density at radius 2 is 0.575 bits per heavy atom. The van der Waals surface area contributed by atoms with Crippen LogP contribution in [0.5, 0.6) is 0 Å². The first kappa shape index (κ1) is 70.4. The van der Waals surface area contributed by atoms with E-state index in [2.05, 4.69) is 414 Å². The molecule has 0 radical (unpaired) electrons. The van der Waals surface area contributed by atoms with Crippen molar-refractivity contribution in [2.75, 3.05) is 0 Å². The molecule has 9 heteroatoms. The summed E-state index contributed by atoms with van der Waals surface area (Å²) < 4.78 is 11.1. The molecule has 25 rings (SSSR count). The highest BCUT2D eigenvalue weighted by Gasteiger charge is 2.27. The van der Waals surface area contributed by atoms with Crippen molar-refractivity contribution in [3.8, 4) is 93.2 Å². The van der Waals surface area contributed by atoms with Gasteiger partial charge in [-0.3, -0.25) is 14.5 Å². The highest BCUT2D eigenvalue weighted by atomic mass is 32.1. The van der Waals surface area contributed by atoms with E-state index in [-0.39, 0.29) is 0 Å². The molecular weight excluding hydrogens is 1510 g/mol. The van der Waals surface area contributed by atoms with E-state index in [9.17, 15) is 0 Å². The van der Waals surface area contributed by atoms with Crippen LogP contribution in [0, 0.1) is 0 Å². The maximum Gasteiger partial charge on any atom is 0.138 e. The van der Waals surface area contributed by atoms with Crippen molar-refractivity contribution in [1.29, 1.82) is 0 Å². The molecule has 0 aliphatic rings. The third-order valence-electron chi connectivity index (χ3n) is 23.5. The van der Waals surface area contributed by atoms with Gasteiger partial charge in [-0.2, -0.15) is 0 Å². The van der Waals surface area contributed by atoms with E-state index in [1.807, 2.05) is 58.7 Å². The number of hydrogen-bond donors (Lipinski definition) is 0. The van der Waals surface area contributed by atoms with Crippen LogP contribution in [-0.2, 0) is 0 Å². The molecule has 0 saturated carbocycles. The summed E-state index contributed by atoms with van der Waals surface area (Å²) in [5.41, 5.74) is 23.9. The summed E-state index contributed by atoms with van der Waals surface area (Å²) in [7, 11) is 0. The fraction of sp³-hybridized carbons (Fsp3) is 0. The van der Waals surface area contributed by atoms with Gasteiger partial charge in [0.2, 0.25) is 0 Å². The molecule has 0 N–H and O–H groups in total. The summed E-state index contributed by atoms with van der Waals surface area (Å²) in [4.78, 5) is 18.5. The Morgan fingerprint density at radius 3 is 1.06 bits per heavy atom. The summed E-state index contributed by atoms with van der Waals surface area (Å²) in [6.07, 6.45) is 5.84. The van der Waals surface area contributed by atoms with Gasteiger partial charge in [0.1, 0.15) is 5.82 Å². The summed E-state index contributed by atoms with van der Waals surface area (Å²) in [5, 5.41) is 17.4. The Labute approximate surface area is 703 Å². The molecule has 6 nitrogen and oxygen atoms in total. The van der Waals surface area contributed by atoms with E-state index in [0.29, 0.717) is 0 Å². The lowest BCUT2D eigenvalue weighted by atomic mass is 9.98. The predicted molar refractivity (Wildman–Crippen MR) is 512 cm³/mol. The molecule has 0 saturated heterocycles. The number of aromatic nitrogens is 6. The van der Waals surface area contributed by atoms with Gasteiger partial charge in [0.25, 0.3) is 0 Å². The molecule has 0 aliphatic carbocycles. The van der Waals surface area contributed by atoms with Gasteiger partial charge >= 0.3 is 0 Å². The van der Waals surface area contributed by atoms with Crippen molar-refractivity contribution in [1.82, 2.24) is 28.7 Å². The maximum atomic E-state index is 4.91. The third kappa shape index (κ3) is 11.9. The molecule has 0 unspecified atom stereocenters. The number of benzene rings is 16. The topological polar surface area (TPSA) is 53.5 Å². The minimum absolute atomic E-state index is 0.942. The normalized spacial score (nSPS) is 11.7. The Morgan fingerprint density at radius 1 is 0.217 bits per heavy atom. The molecule has 0 bridgehead atoms. The van der Waals surface area contributed by atoms with E-state index in [1.165, 1.54) is 171 Å². The number of hydrogen-bond acceptors (Lipinski definition) is 6. The molecule has 0 aliphatic heterocycles. The largest absolute Gasteiger partial charge is 0.309 e. The number of rotatable bonds is 10. The standard InChI is InChI=1S/C41H26N2S.2C35H22N2S/c1-3-12-27(13-4-1)38-34-22-23-37-39(41(34)44-40(38)28-14-5-2-6-15-28)33-20-9-10-21-36(33)43(37)32-19-11-18-30(24-32)35-25-29-16-7-8-17-31(29)26-42-35;1-3-11-23(12-4-1)31-27-20-21-29-32(35(27)38-34(31)25-13-5-2-6-14-25)26-17-7-8-18-28(26)37(29)30-19-9-15-24-16-10-22-36-33(24)30;1-3-11-23(12-4-1)32-28-19-20-30-33(35(28)38-34(32)24-13-5-2-6-14-24)27-17-9-10-18-29(27)37(30)31-21-25-15-7-8-16-26(25)22-36-31/h1-26H;2*1-22H. The lowest BCUT2D eigenvalue weighted by Crippen LogP contribution is -1.97. The van der Waals surface area contributed by atoms with Gasteiger partial charge in [-0.05, 0) is 117 Å². The number of nitrogens with zero attached hydrogens (tertiary/aromatic N) is 6. The fourth-order valence-corrected chi connectivity index (χ4v) is 22.3. The maximum absolute atomic E-state index is 4.91. The average molecular weight is 1580 g/mol. The van der Waals surface area contributed by atoms with Crippen molar-refractivity contribution in [3.63, 3.8) is 0 Å². The molecule has 0 fully saturated rings. The molecule has 9 heterocycles. The van der Waals surface area contributed by atoms with Crippen molar-refractivity contribution in [3.05, 3.63) is 425 Å². The molecule has 16 aromatic carbocycles. The van der Waals surface area contributed by atoms with Crippen LogP contribution in [-0.4, -0.2) is 28.7 Å². The van der Waals surface area contributed by atoms with E-state index >= 15 is 0 Å². The minimum Gasteiger partial charge on any atom is -0.309 e. The molecule has 562 valence electrons. The SMILES string of the molecule is c1ccc(-c2sc3c(ccc4c3c3ccccc3n4-c3cc4ccccc4cn3)c2-c2ccccc2)cc1.c1ccc(-c2sc3c(ccc4c3c3ccccc3n4-c3cccc(-c4cc5ccccc5cn4)c3)c2-c2ccccc2)cc1.c1ccc(-c2sc3c(ccc4c3c3ccccc3n4-c3cccc4cccnc34)c2-c2ccccc2)cc1. The molecule has 0 atom stereocenters. The average Bonchev–Trinajstić information content (AvgIpc) is 1.57. The lowest BCUT2D eigenvalue weighted by molar-refractivity contribution is 1.09. The van der Waals surface area contributed by atoms with Crippen LogP contribution in [0.4, 0.5) is 0 Å². The smallest absolute Gasteiger partial charge is 0.138 e. The van der Waals surface area contributed by atoms with Crippen LogP contribution in [0.2, 0.25) is 0 Å². The van der Waals surface area contributed by atoms with Gasteiger partial charge < -0.3 is 9.13 Å². The predicted octanol–water partition coefficient (Wildman–Crippen LogP) is 31.3. The Hall–Kier alpha value is -15.0. The van der Waals surface area contributed by atoms with Gasteiger partial charge in [0, 0.05) is 140 Å². The Balaban J connectivity index is 0.000000105. The quantitative estimate of drug-likeness (QED) is 0.137. The second kappa shape index (κ2) is 29.6. The first-order valence-corrected chi connectivity index (χ1v) is 43.0. The minimum atomic E-state index is 0.942. The van der Waals surface area contributed by atoms with Crippen LogP contribution < -0.4 is 0 Å². The van der Waals surface area contributed by atoms with Gasteiger partial charge in [0.05, 0.1) is 50.0 Å².